The molecule has 1 aliphatic rings. The second-order valence-electron chi connectivity index (χ2n) is 5.38. The molecule has 0 spiro atoms. The molecule has 114 valence electrons. The first-order valence-electron chi connectivity index (χ1n) is 8.08. The standard InChI is InChI=1S/C15H30O4/c1-2-4-6-8-10-12-14-16-18-19-17-15-13-11-9-7-5-3-1/h1-15H2. The van der Waals surface area contributed by atoms with Crippen LogP contribution in [0.25, 0.3) is 0 Å². The van der Waals surface area contributed by atoms with Gasteiger partial charge in [0.15, 0.2) is 0 Å². The Labute approximate surface area is 117 Å². The predicted molar refractivity (Wildman–Crippen MR) is 74.1 cm³/mol. The van der Waals surface area contributed by atoms with E-state index in [1.807, 2.05) is 0 Å². The molecule has 0 N–H and O–H groups in total. The van der Waals surface area contributed by atoms with Gasteiger partial charge in [-0.3, -0.25) is 0 Å². The number of hydrogen-bond donors (Lipinski definition) is 0. The highest BCUT2D eigenvalue weighted by atomic mass is 17.7. The molecule has 0 aromatic carbocycles. The van der Waals surface area contributed by atoms with E-state index < -0.39 is 0 Å². The van der Waals surface area contributed by atoms with Crippen molar-refractivity contribution in [2.24, 2.45) is 0 Å². The van der Waals surface area contributed by atoms with Crippen molar-refractivity contribution in [3.8, 4) is 0 Å². The van der Waals surface area contributed by atoms with Gasteiger partial charge in [0.1, 0.15) is 0 Å². The number of hydrogen-bond acceptors (Lipinski definition) is 4. The molecule has 0 aromatic heterocycles. The Morgan fingerprint density at radius 1 is 0.316 bits per heavy atom. The molecule has 0 bridgehead atoms. The van der Waals surface area contributed by atoms with E-state index in [0.717, 1.165) is 12.8 Å². The summed E-state index contributed by atoms with van der Waals surface area (Å²) in [4.78, 5) is 9.70. The van der Waals surface area contributed by atoms with Crippen molar-refractivity contribution in [2.45, 2.75) is 83.5 Å². The lowest BCUT2D eigenvalue weighted by Crippen LogP contribution is -2.01. The molecule has 1 fully saturated rings. The van der Waals surface area contributed by atoms with Crippen LogP contribution in [0.1, 0.15) is 83.5 Å². The molecule has 0 aromatic rings. The van der Waals surface area contributed by atoms with Crippen LogP contribution in [-0.4, -0.2) is 13.2 Å². The van der Waals surface area contributed by atoms with Gasteiger partial charge >= 0.3 is 0 Å². The van der Waals surface area contributed by atoms with Crippen LogP contribution in [0.4, 0.5) is 0 Å². The number of rotatable bonds is 0. The molecule has 0 amide bonds. The third-order valence-corrected chi connectivity index (χ3v) is 3.58. The summed E-state index contributed by atoms with van der Waals surface area (Å²) in [5.74, 6) is 0. The third kappa shape index (κ3) is 12.6. The van der Waals surface area contributed by atoms with Crippen molar-refractivity contribution >= 4 is 0 Å². The van der Waals surface area contributed by atoms with Crippen LogP contribution in [0.15, 0.2) is 0 Å². The van der Waals surface area contributed by atoms with Gasteiger partial charge in [0.25, 0.3) is 0 Å². The zero-order valence-corrected chi connectivity index (χ0v) is 12.2. The maximum atomic E-state index is 4.85. The van der Waals surface area contributed by atoms with Crippen LogP contribution in [0.2, 0.25) is 0 Å². The van der Waals surface area contributed by atoms with Gasteiger partial charge in [-0.1, -0.05) is 70.6 Å². The fraction of sp³-hybridized carbons (Fsp3) is 1.00. The van der Waals surface area contributed by atoms with E-state index in [2.05, 4.69) is 10.1 Å². The molecule has 0 saturated carbocycles. The minimum absolute atomic E-state index is 0.573. The monoisotopic (exact) mass is 274 g/mol. The van der Waals surface area contributed by atoms with Crippen LogP contribution in [0.5, 0.6) is 0 Å². The predicted octanol–water partition coefficient (Wildman–Crippen LogP) is 4.88. The SMILES string of the molecule is C1CCCCCCCOOOOCCCCCCC1. The van der Waals surface area contributed by atoms with Crippen molar-refractivity contribution in [3.05, 3.63) is 0 Å². The Morgan fingerprint density at radius 3 is 0.895 bits per heavy atom. The van der Waals surface area contributed by atoms with E-state index in [0.29, 0.717) is 13.2 Å². The third-order valence-electron chi connectivity index (χ3n) is 3.58. The molecule has 4 nitrogen and oxygen atoms in total. The van der Waals surface area contributed by atoms with Gasteiger partial charge in [0.2, 0.25) is 0 Å². The van der Waals surface area contributed by atoms with Crippen molar-refractivity contribution in [2.75, 3.05) is 13.2 Å². The molecule has 1 heterocycles. The minimum atomic E-state index is 0.573. The maximum Gasteiger partial charge on any atom is 0.0854 e. The van der Waals surface area contributed by atoms with Crippen LogP contribution >= 0.6 is 0 Å². The summed E-state index contributed by atoms with van der Waals surface area (Å²) in [6.07, 6.45) is 16.7. The molecule has 1 saturated heterocycles. The average Bonchev–Trinajstić information content (AvgIpc) is 2.43. The first-order chi connectivity index (χ1) is 9.50. The average molecular weight is 274 g/mol. The molecule has 19 heavy (non-hydrogen) atoms. The van der Waals surface area contributed by atoms with E-state index in [9.17, 15) is 0 Å². The van der Waals surface area contributed by atoms with Gasteiger partial charge in [0.05, 0.1) is 13.2 Å². The normalized spacial score (nSPS) is 24.0. The maximum absolute atomic E-state index is 4.85. The molecule has 0 unspecified atom stereocenters. The lowest BCUT2D eigenvalue weighted by Gasteiger charge is -2.03. The molecule has 0 atom stereocenters. The Balaban J connectivity index is 2.01. The highest BCUT2D eigenvalue weighted by molar-refractivity contribution is 4.49. The van der Waals surface area contributed by atoms with E-state index >= 15 is 0 Å². The lowest BCUT2D eigenvalue weighted by atomic mass is 10.0. The van der Waals surface area contributed by atoms with Gasteiger partial charge in [0, 0.05) is 0 Å². The summed E-state index contributed by atoms with van der Waals surface area (Å²) in [6.45, 7) is 1.15. The van der Waals surface area contributed by atoms with Crippen LogP contribution in [0, 0.1) is 0 Å². The van der Waals surface area contributed by atoms with E-state index in [-0.39, 0.29) is 0 Å². The summed E-state index contributed by atoms with van der Waals surface area (Å²) < 4.78 is 0. The molecule has 1 rings (SSSR count). The fourth-order valence-electron chi connectivity index (χ4n) is 2.37. The van der Waals surface area contributed by atoms with E-state index in [4.69, 9.17) is 9.78 Å². The van der Waals surface area contributed by atoms with Crippen molar-refractivity contribution < 1.29 is 19.9 Å². The first kappa shape index (κ1) is 16.9. The minimum Gasteiger partial charge on any atom is -0.204 e. The van der Waals surface area contributed by atoms with Gasteiger partial charge in [-0.15, -0.1) is 0 Å². The highest BCUT2D eigenvalue weighted by Gasteiger charge is 1.97. The van der Waals surface area contributed by atoms with Crippen LogP contribution in [0.3, 0.4) is 0 Å². The smallest absolute Gasteiger partial charge is 0.0854 e. The second-order valence-corrected chi connectivity index (χ2v) is 5.38. The summed E-state index contributed by atoms with van der Waals surface area (Å²) in [5.41, 5.74) is 0. The zero-order chi connectivity index (χ0) is 13.4. The quantitative estimate of drug-likeness (QED) is 0.590. The van der Waals surface area contributed by atoms with Crippen molar-refractivity contribution in [1.29, 1.82) is 0 Å². The fourth-order valence-corrected chi connectivity index (χ4v) is 2.37. The summed E-state index contributed by atoms with van der Waals surface area (Å²) >= 11 is 0. The Hall–Kier alpha value is -0.160. The van der Waals surface area contributed by atoms with Crippen molar-refractivity contribution in [3.63, 3.8) is 0 Å². The molecule has 4 heteroatoms. The highest BCUT2D eigenvalue weighted by Crippen LogP contribution is 2.12. The molecule has 0 radical (unpaired) electrons. The molecule has 1 aliphatic heterocycles. The Morgan fingerprint density at radius 2 is 0.579 bits per heavy atom. The summed E-state index contributed by atoms with van der Waals surface area (Å²) in [6, 6.07) is 0. The molecule has 0 aliphatic carbocycles. The molecular formula is C15H30O4. The zero-order valence-electron chi connectivity index (χ0n) is 12.2. The van der Waals surface area contributed by atoms with Crippen LogP contribution < -0.4 is 0 Å². The van der Waals surface area contributed by atoms with Gasteiger partial charge in [-0.2, -0.15) is 0 Å². The van der Waals surface area contributed by atoms with Crippen molar-refractivity contribution in [1.82, 2.24) is 0 Å². The van der Waals surface area contributed by atoms with E-state index in [1.54, 1.807) is 0 Å². The second kappa shape index (κ2) is 14.3. The summed E-state index contributed by atoms with van der Waals surface area (Å²) in [5, 5.41) is 8.95. The van der Waals surface area contributed by atoms with E-state index in [1.165, 1.54) is 70.6 Å². The van der Waals surface area contributed by atoms with Gasteiger partial charge < -0.3 is 0 Å². The lowest BCUT2D eigenvalue weighted by molar-refractivity contribution is -0.634. The largest absolute Gasteiger partial charge is 0.204 e. The topological polar surface area (TPSA) is 36.9 Å². The molecular weight excluding hydrogens is 244 g/mol. The summed E-state index contributed by atoms with van der Waals surface area (Å²) in [7, 11) is 0. The van der Waals surface area contributed by atoms with Crippen LogP contribution in [-0.2, 0) is 19.9 Å². The Kier molecular flexibility index (Phi) is 12.7. The van der Waals surface area contributed by atoms with Gasteiger partial charge in [-0.25, -0.2) is 9.78 Å². The van der Waals surface area contributed by atoms with Gasteiger partial charge in [-0.05, 0) is 22.9 Å². The first-order valence-corrected chi connectivity index (χ1v) is 8.08. The Bertz CT molecular complexity index is 94.8.